The lowest BCUT2D eigenvalue weighted by Crippen LogP contribution is -2.31. The number of rotatable bonds is 6. The third kappa shape index (κ3) is 4.29. The first kappa shape index (κ1) is 21.8. The molecule has 1 aliphatic rings. The molecule has 0 aromatic heterocycles. The molecule has 0 saturated carbocycles. The maximum absolute atomic E-state index is 13.8. The van der Waals surface area contributed by atoms with Gasteiger partial charge in [-0.3, -0.25) is 9.59 Å². The summed E-state index contributed by atoms with van der Waals surface area (Å²) < 4.78 is 32.9. The minimum absolute atomic E-state index is 0.0113. The Morgan fingerprint density at radius 2 is 1.53 bits per heavy atom. The fraction of sp³-hybridized carbons (Fsp3) is 0.120. The molecule has 0 N–H and O–H groups in total. The van der Waals surface area contributed by atoms with Crippen LogP contribution in [0, 0.1) is 11.6 Å². The minimum atomic E-state index is -1.14. The highest BCUT2D eigenvalue weighted by atomic mass is 32.2. The summed E-state index contributed by atoms with van der Waals surface area (Å²) in [6.45, 7) is 3.81. The Morgan fingerprint density at radius 3 is 2.16 bits per heavy atom. The number of hydrogen-bond acceptors (Lipinski definition) is 4. The molecule has 162 valence electrons. The highest BCUT2D eigenvalue weighted by Crippen LogP contribution is 2.41. The van der Waals surface area contributed by atoms with Crippen LogP contribution in [0.25, 0.3) is 5.57 Å². The van der Waals surface area contributed by atoms with Crippen LogP contribution in [0.15, 0.2) is 82.6 Å². The van der Waals surface area contributed by atoms with Crippen molar-refractivity contribution in [2.75, 3.05) is 4.90 Å². The second kappa shape index (κ2) is 8.96. The summed E-state index contributed by atoms with van der Waals surface area (Å²) in [5.74, 6) is -2.75. The van der Waals surface area contributed by atoms with Crippen molar-refractivity contribution < 1.29 is 23.1 Å². The molecule has 0 fully saturated rings. The third-order valence-electron chi connectivity index (χ3n) is 4.68. The first-order chi connectivity index (χ1) is 15.3. The molecule has 4 nitrogen and oxygen atoms in total. The van der Waals surface area contributed by atoms with Gasteiger partial charge in [0.1, 0.15) is 5.75 Å². The standard InChI is InChI=1S/C25H19F2NO3S/c1-15(2)31-18-11-8-16(9-12-18)22-23(32-19-6-4-3-5-7-19)25(30)28(24(22)29)17-10-13-20(26)21(27)14-17/h3-15H,1-2H3. The summed E-state index contributed by atoms with van der Waals surface area (Å²) in [4.78, 5) is 28.5. The average Bonchev–Trinajstić information content (AvgIpc) is 3.01. The van der Waals surface area contributed by atoms with E-state index in [0.717, 1.165) is 33.7 Å². The number of hydrogen-bond donors (Lipinski definition) is 0. The number of anilines is 1. The third-order valence-corrected chi connectivity index (χ3v) is 5.77. The van der Waals surface area contributed by atoms with E-state index in [2.05, 4.69) is 0 Å². The second-order valence-electron chi connectivity index (χ2n) is 7.35. The number of amides is 2. The molecule has 0 atom stereocenters. The van der Waals surface area contributed by atoms with Gasteiger partial charge in [0, 0.05) is 11.0 Å². The molecule has 0 radical (unpaired) electrons. The van der Waals surface area contributed by atoms with Crippen molar-refractivity contribution in [3.63, 3.8) is 0 Å². The summed E-state index contributed by atoms with van der Waals surface area (Å²) in [6.07, 6.45) is -0.0113. The number of carbonyl (C=O) groups is 2. The van der Waals surface area contributed by atoms with Crippen LogP contribution in [0.1, 0.15) is 19.4 Å². The SMILES string of the molecule is CC(C)Oc1ccc(C2=C(Sc3ccccc3)C(=O)N(c3ccc(F)c(F)c3)C2=O)cc1. The highest BCUT2D eigenvalue weighted by Gasteiger charge is 2.40. The van der Waals surface area contributed by atoms with E-state index < -0.39 is 23.4 Å². The molecule has 0 aliphatic carbocycles. The number of thioether (sulfide) groups is 1. The zero-order valence-corrected chi connectivity index (χ0v) is 18.2. The maximum Gasteiger partial charge on any atom is 0.272 e. The summed E-state index contributed by atoms with van der Waals surface area (Å²) >= 11 is 1.16. The van der Waals surface area contributed by atoms with Crippen LogP contribution in [0.5, 0.6) is 5.75 Å². The number of carbonyl (C=O) groups excluding carboxylic acids is 2. The van der Waals surface area contributed by atoms with Gasteiger partial charge in [-0.15, -0.1) is 0 Å². The van der Waals surface area contributed by atoms with Crippen LogP contribution >= 0.6 is 11.8 Å². The van der Waals surface area contributed by atoms with Gasteiger partial charge in [0.2, 0.25) is 0 Å². The van der Waals surface area contributed by atoms with Gasteiger partial charge in [-0.1, -0.05) is 42.1 Å². The molecule has 0 unspecified atom stereocenters. The van der Waals surface area contributed by atoms with E-state index in [-0.39, 0.29) is 22.3 Å². The zero-order chi connectivity index (χ0) is 22.8. The molecule has 32 heavy (non-hydrogen) atoms. The Kier molecular flexibility index (Phi) is 6.10. The Morgan fingerprint density at radius 1 is 0.844 bits per heavy atom. The van der Waals surface area contributed by atoms with Crippen molar-refractivity contribution >= 4 is 34.8 Å². The van der Waals surface area contributed by atoms with Gasteiger partial charge in [0.15, 0.2) is 11.6 Å². The van der Waals surface area contributed by atoms with E-state index in [4.69, 9.17) is 4.74 Å². The predicted molar refractivity (Wildman–Crippen MR) is 120 cm³/mol. The fourth-order valence-electron chi connectivity index (χ4n) is 3.30. The predicted octanol–water partition coefficient (Wildman–Crippen LogP) is 5.83. The highest BCUT2D eigenvalue weighted by molar-refractivity contribution is 8.04. The lowest BCUT2D eigenvalue weighted by molar-refractivity contribution is -0.119. The van der Waals surface area contributed by atoms with E-state index in [1.807, 2.05) is 44.2 Å². The molecule has 3 aromatic carbocycles. The quantitative estimate of drug-likeness (QED) is 0.443. The second-order valence-corrected chi connectivity index (χ2v) is 8.44. The number of benzene rings is 3. The van der Waals surface area contributed by atoms with Crippen LogP contribution in [0.2, 0.25) is 0 Å². The number of ether oxygens (including phenoxy) is 1. The lowest BCUT2D eigenvalue weighted by atomic mass is 10.1. The minimum Gasteiger partial charge on any atom is -0.491 e. The van der Waals surface area contributed by atoms with Gasteiger partial charge < -0.3 is 4.74 Å². The molecule has 0 saturated heterocycles. The molecule has 1 aliphatic heterocycles. The van der Waals surface area contributed by atoms with Crippen molar-refractivity contribution in [1.82, 2.24) is 0 Å². The van der Waals surface area contributed by atoms with Crippen molar-refractivity contribution in [1.29, 1.82) is 0 Å². The lowest BCUT2D eigenvalue weighted by Gasteiger charge is -2.15. The van der Waals surface area contributed by atoms with Gasteiger partial charge in [-0.2, -0.15) is 0 Å². The molecule has 4 rings (SSSR count). The van der Waals surface area contributed by atoms with E-state index in [1.165, 1.54) is 6.07 Å². The fourth-order valence-corrected chi connectivity index (χ4v) is 4.31. The summed E-state index contributed by atoms with van der Waals surface area (Å²) in [5.41, 5.74) is 0.701. The smallest absolute Gasteiger partial charge is 0.272 e. The summed E-state index contributed by atoms with van der Waals surface area (Å²) in [7, 11) is 0. The number of halogens is 2. The van der Waals surface area contributed by atoms with E-state index in [1.54, 1.807) is 24.3 Å². The van der Waals surface area contributed by atoms with Crippen molar-refractivity contribution in [2.45, 2.75) is 24.8 Å². The number of imide groups is 1. The van der Waals surface area contributed by atoms with Gasteiger partial charge in [-0.25, -0.2) is 13.7 Å². The summed E-state index contributed by atoms with van der Waals surface area (Å²) in [5, 5.41) is 0. The van der Waals surface area contributed by atoms with Crippen LogP contribution in [-0.4, -0.2) is 17.9 Å². The zero-order valence-electron chi connectivity index (χ0n) is 17.3. The van der Waals surface area contributed by atoms with E-state index in [0.29, 0.717) is 11.3 Å². The van der Waals surface area contributed by atoms with Gasteiger partial charge in [0.25, 0.3) is 11.8 Å². The molecule has 0 spiro atoms. The monoisotopic (exact) mass is 451 g/mol. The normalized spacial score (nSPS) is 14.0. The van der Waals surface area contributed by atoms with E-state index in [9.17, 15) is 18.4 Å². The molecule has 1 heterocycles. The average molecular weight is 451 g/mol. The van der Waals surface area contributed by atoms with Crippen molar-refractivity contribution in [2.24, 2.45) is 0 Å². The van der Waals surface area contributed by atoms with Crippen LogP contribution in [0.4, 0.5) is 14.5 Å². The van der Waals surface area contributed by atoms with Gasteiger partial charge in [0.05, 0.1) is 22.3 Å². The Labute approximate surface area is 188 Å². The van der Waals surface area contributed by atoms with Gasteiger partial charge in [-0.05, 0) is 55.8 Å². The van der Waals surface area contributed by atoms with Crippen LogP contribution < -0.4 is 9.64 Å². The number of nitrogens with zero attached hydrogens (tertiary/aromatic N) is 1. The van der Waals surface area contributed by atoms with Crippen LogP contribution in [0.3, 0.4) is 0 Å². The van der Waals surface area contributed by atoms with Crippen LogP contribution in [-0.2, 0) is 9.59 Å². The largest absolute Gasteiger partial charge is 0.491 e. The molecule has 7 heteroatoms. The maximum atomic E-state index is 13.8. The van der Waals surface area contributed by atoms with Crippen molar-refractivity contribution in [3.8, 4) is 5.75 Å². The molecule has 0 bridgehead atoms. The molecule has 2 amide bonds. The molecular formula is C25H19F2NO3S. The molecular weight excluding hydrogens is 432 g/mol. The van der Waals surface area contributed by atoms with E-state index >= 15 is 0 Å². The molecule has 3 aromatic rings. The van der Waals surface area contributed by atoms with Crippen molar-refractivity contribution in [3.05, 3.63) is 94.9 Å². The summed E-state index contributed by atoms with van der Waals surface area (Å²) in [6, 6.07) is 19.0. The first-order valence-corrected chi connectivity index (χ1v) is 10.7. The topological polar surface area (TPSA) is 46.6 Å². The first-order valence-electron chi connectivity index (χ1n) is 9.93. The Balaban J connectivity index is 1.78. The Hall–Kier alpha value is -3.45. The Bertz CT molecular complexity index is 1210. The van der Waals surface area contributed by atoms with Gasteiger partial charge >= 0.3 is 0 Å².